The van der Waals surface area contributed by atoms with E-state index >= 15 is 4.39 Å². The van der Waals surface area contributed by atoms with Crippen molar-refractivity contribution in [3.63, 3.8) is 0 Å². The Morgan fingerprint density at radius 2 is 1.82 bits per heavy atom. The Morgan fingerprint density at radius 3 is 2.33 bits per heavy atom. The minimum atomic E-state index is -1.72. The Labute approximate surface area is 233 Å². The number of aryl methyl sites for hydroxylation is 1. The summed E-state index contributed by atoms with van der Waals surface area (Å²) in [6.07, 6.45) is 1.73. The topological polar surface area (TPSA) is 102 Å². The van der Waals surface area contributed by atoms with Crippen LogP contribution in [-0.4, -0.2) is 82.4 Å². The summed E-state index contributed by atoms with van der Waals surface area (Å²) in [6, 6.07) is 2.89. The van der Waals surface area contributed by atoms with Crippen molar-refractivity contribution in [3.8, 4) is 0 Å². The fourth-order valence-corrected chi connectivity index (χ4v) is 4.92. The van der Waals surface area contributed by atoms with Crippen LogP contribution in [0.5, 0.6) is 0 Å². The molecule has 0 bridgehead atoms. The smallest absolute Gasteiger partial charge is 0.246 e. The van der Waals surface area contributed by atoms with E-state index in [1.54, 1.807) is 17.2 Å². The fraction of sp³-hybridized carbons (Fsp3) is 0.414. The average Bonchev–Trinajstić information content (AvgIpc) is 2.91. The number of carbonyl (C=O) groups excluding carboxylic acids is 2. The second kappa shape index (κ2) is 12.8. The number of pyridine rings is 2. The summed E-state index contributed by atoms with van der Waals surface area (Å²) < 4.78 is 30.3. The Balaban J connectivity index is 2.27. The molecule has 40 heavy (non-hydrogen) atoms. The van der Waals surface area contributed by atoms with E-state index in [0.29, 0.717) is 49.8 Å². The van der Waals surface area contributed by atoms with Crippen LogP contribution in [-0.2, 0) is 9.59 Å². The maximum Gasteiger partial charge on any atom is 0.246 e. The number of carbonyl (C=O) groups is 2. The van der Waals surface area contributed by atoms with Crippen molar-refractivity contribution in [2.45, 2.75) is 45.7 Å². The molecule has 2 aromatic rings. The van der Waals surface area contributed by atoms with Crippen molar-refractivity contribution in [2.24, 2.45) is 4.99 Å². The fourth-order valence-electron chi connectivity index (χ4n) is 4.92. The maximum absolute atomic E-state index is 15.7. The van der Waals surface area contributed by atoms with Crippen molar-refractivity contribution >= 4 is 29.7 Å². The van der Waals surface area contributed by atoms with Gasteiger partial charge in [-0.3, -0.25) is 24.5 Å². The summed E-state index contributed by atoms with van der Waals surface area (Å²) in [6.45, 7) is 15.3. The van der Waals surface area contributed by atoms with Gasteiger partial charge in [-0.2, -0.15) is 0 Å². The second-order valence-electron chi connectivity index (χ2n) is 9.93. The Bertz CT molecular complexity index is 1320. The van der Waals surface area contributed by atoms with Gasteiger partial charge in [-0.05, 0) is 43.5 Å². The number of nitrogens with zero attached hydrogens (tertiary/aromatic N) is 6. The van der Waals surface area contributed by atoms with Gasteiger partial charge in [0.15, 0.2) is 5.82 Å². The minimum absolute atomic E-state index is 0.00139. The summed E-state index contributed by atoms with van der Waals surface area (Å²) in [5, 5.41) is 10.1. The number of piperazine rings is 1. The van der Waals surface area contributed by atoms with Gasteiger partial charge in [-0.25, -0.2) is 13.8 Å². The van der Waals surface area contributed by atoms with Crippen molar-refractivity contribution in [3.05, 3.63) is 71.7 Å². The van der Waals surface area contributed by atoms with Crippen LogP contribution < -0.4 is 4.90 Å². The first-order valence-corrected chi connectivity index (χ1v) is 13.0. The number of aromatic nitrogens is 2. The van der Waals surface area contributed by atoms with Crippen LogP contribution in [0.4, 0.5) is 20.3 Å². The molecule has 2 unspecified atom stereocenters. The molecule has 2 aromatic heterocycles. The zero-order chi connectivity index (χ0) is 29.7. The average molecular weight is 555 g/mol. The van der Waals surface area contributed by atoms with E-state index in [4.69, 9.17) is 0 Å². The molecule has 1 saturated heterocycles. The summed E-state index contributed by atoms with van der Waals surface area (Å²) >= 11 is 0. The number of aliphatic imine (C=N–C) groups is 1. The van der Waals surface area contributed by atoms with Crippen LogP contribution in [0.15, 0.2) is 48.3 Å². The quantitative estimate of drug-likeness (QED) is 0.160. The van der Waals surface area contributed by atoms with E-state index in [0.717, 1.165) is 11.6 Å². The number of anilines is 2. The molecule has 1 aliphatic heterocycles. The number of halogens is 2. The number of amides is 2. The zero-order valence-electron chi connectivity index (χ0n) is 23.6. The van der Waals surface area contributed by atoms with Crippen LogP contribution in [0.3, 0.4) is 0 Å². The van der Waals surface area contributed by atoms with E-state index in [2.05, 4.69) is 28.1 Å². The minimum Gasteiger partial charge on any atom is -0.512 e. The highest BCUT2D eigenvalue weighted by atomic mass is 19.1. The molecule has 2 amide bonds. The number of hydrogen-bond donors (Lipinski definition) is 1. The molecule has 1 fully saturated rings. The van der Waals surface area contributed by atoms with Crippen LogP contribution in [0, 0.1) is 12.7 Å². The van der Waals surface area contributed by atoms with E-state index in [1.807, 2.05) is 25.7 Å². The molecule has 0 aliphatic carbocycles. The molecular formula is C29H36F2N6O3. The first-order chi connectivity index (χ1) is 19.0. The molecule has 0 radical (unpaired) electrons. The number of allylic oxidation sites excluding steroid dienone is 1. The summed E-state index contributed by atoms with van der Waals surface area (Å²) in [5.41, 5.74) is 1.59. The lowest BCUT2D eigenvalue weighted by molar-refractivity contribution is -0.127. The maximum atomic E-state index is 15.7. The molecule has 0 saturated carbocycles. The third-order valence-corrected chi connectivity index (χ3v) is 6.89. The first-order valence-electron chi connectivity index (χ1n) is 13.0. The normalized spacial score (nSPS) is 15.6. The van der Waals surface area contributed by atoms with Gasteiger partial charge in [0.2, 0.25) is 12.3 Å². The standard InChI is InChI=1S/C29H36F2N6O3/c1-8-23(40)35-11-13-36(14-12-35)28(32-7)21-15-22(31)26(24(19(5)30)20(6)39)34-29(21)37(16-38)27-18(4)9-10-33-25(27)17(2)3/h8-10,15-17,19,24,39H,1,6,11-14H2,2-5,7H3/b32-28+. The van der Waals surface area contributed by atoms with Crippen LogP contribution in [0.25, 0.3) is 0 Å². The third-order valence-electron chi connectivity index (χ3n) is 6.89. The number of aliphatic hydroxyl groups is 1. The number of alkyl halides is 1. The van der Waals surface area contributed by atoms with Gasteiger partial charge >= 0.3 is 0 Å². The van der Waals surface area contributed by atoms with Gasteiger partial charge in [0, 0.05) is 39.4 Å². The Kier molecular flexibility index (Phi) is 9.73. The summed E-state index contributed by atoms with van der Waals surface area (Å²) in [5.74, 6) is -2.87. The molecule has 0 aromatic carbocycles. The summed E-state index contributed by atoms with van der Waals surface area (Å²) in [7, 11) is 1.54. The highest BCUT2D eigenvalue weighted by Gasteiger charge is 2.33. The predicted molar refractivity (Wildman–Crippen MR) is 151 cm³/mol. The van der Waals surface area contributed by atoms with Crippen molar-refractivity contribution < 1.29 is 23.5 Å². The van der Waals surface area contributed by atoms with Crippen LogP contribution >= 0.6 is 0 Å². The lowest BCUT2D eigenvalue weighted by Gasteiger charge is -2.37. The first kappa shape index (κ1) is 30.4. The largest absolute Gasteiger partial charge is 0.512 e. The molecular weight excluding hydrogens is 518 g/mol. The van der Waals surface area contributed by atoms with E-state index in [1.165, 1.54) is 24.9 Å². The third kappa shape index (κ3) is 6.03. The highest BCUT2D eigenvalue weighted by molar-refractivity contribution is 6.06. The van der Waals surface area contributed by atoms with Crippen molar-refractivity contribution in [1.29, 1.82) is 0 Å². The highest BCUT2D eigenvalue weighted by Crippen LogP contribution is 2.37. The molecule has 9 nitrogen and oxygen atoms in total. The predicted octanol–water partition coefficient (Wildman–Crippen LogP) is 4.56. The SMILES string of the molecule is C=CC(=O)N1CCN(/C(=N/C)c2cc(F)c(C(C(=C)O)C(C)F)nc2N(C=O)c2c(C)ccnc2C(C)C)CC1. The lowest BCUT2D eigenvalue weighted by atomic mass is 9.96. The van der Waals surface area contributed by atoms with E-state index in [-0.39, 0.29) is 23.2 Å². The van der Waals surface area contributed by atoms with E-state index < -0.39 is 29.4 Å². The van der Waals surface area contributed by atoms with Gasteiger partial charge in [0.1, 0.15) is 17.8 Å². The van der Waals surface area contributed by atoms with Crippen molar-refractivity contribution in [1.82, 2.24) is 19.8 Å². The van der Waals surface area contributed by atoms with Gasteiger partial charge < -0.3 is 14.9 Å². The monoisotopic (exact) mass is 554 g/mol. The van der Waals surface area contributed by atoms with Gasteiger partial charge in [0.05, 0.1) is 34.3 Å². The van der Waals surface area contributed by atoms with Crippen molar-refractivity contribution in [2.75, 3.05) is 38.1 Å². The molecule has 214 valence electrons. The van der Waals surface area contributed by atoms with Crippen LogP contribution in [0.1, 0.15) is 55.1 Å². The number of amidine groups is 1. The lowest BCUT2D eigenvalue weighted by Crippen LogP contribution is -2.50. The molecule has 1 aliphatic rings. The molecule has 1 N–H and O–H groups in total. The van der Waals surface area contributed by atoms with E-state index in [9.17, 15) is 19.1 Å². The molecule has 3 rings (SSSR count). The molecule has 2 atom stereocenters. The number of hydrogen-bond acceptors (Lipinski definition) is 6. The van der Waals surface area contributed by atoms with Gasteiger partial charge in [-0.15, -0.1) is 0 Å². The zero-order valence-corrected chi connectivity index (χ0v) is 23.6. The molecule has 11 heteroatoms. The Morgan fingerprint density at radius 1 is 1.20 bits per heavy atom. The second-order valence-corrected chi connectivity index (χ2v) is 9.93. The summed E-state index contributed by atoms with van der Waals surface area (Å²) in [4.78, 5) is 43.0. The van der Waals surface area contributed by atoms with Gasteiger partial charge in [0.25, 0.3) is 0 Å². The molecule has 3 heterocycles. The van der Waals surface area contributed by atoms with Crippen LogP contribution in [0.2, 0.25) is 0 Å². The number of rotatable bonds is 9. The Hall–Kier alpha value is -4.15. The molecule has 0 spiro atoms. The van der Waals surface area contributed by atoms with Gasteiger partial charge in [-0.1, -0.05) is 27.0 Å². The number of aliphatic hydroxyl groups excluding tert-OH is 1.